The number of carbonyl (C=O) groups excluding carboxylic acids is 1. The van der Waals surface area contributed by atoms with Crippen LogP contribution in [-0.2, 0) is 4.79 Å². The van der Waals surface area contributed by atoms with Crippen molar-refractivity contribution in [3.05, 3.63) is 70.8 Å². The van der Waals surface area contributed by atoms with Gasteiger partial charge in [-0.3, -0.25) is 4.79 Å². The Morgan fingerprint density at radius 2 is 1.89 bits per heavy atom. The first-order chi connectivity index (χ1) is 13.3. The molecule has 2 aromatic carbocycles. The van der Waals surface area contributed by atoms with E-state index in [0.717, 1.165) is 4.47 Å². The van der Waals surface area contributed by atoms with Crippen LogP contribution >= 0.6 is 28.1 Å². The molecule has 2 atom stereocenters. The molecule has 1 heterocycles. The number of amides is 1. The first-order valence-electron chi connectivity index (χ1n) is 8.21. The number of rotatable bonds is 5. The maximum absolute atomic E-state index is 13.0. The lowest BCUT2D eigenvalue weighted by atomic mass is 9.87. The maximum atomic E-state index is 13.0. The fraction of sp³-hybridized carbons (Fsp3) is 0.158. The predicted molar refractivity (Wildman–Crippen MR) is 110 cm³/mol. The van der Waals surface area contributed by atoms with Crippen LogP contribution in [0, 0.1) is 5.92 Å². The van der Waals surface area contributed by atoms with Crippen LogP contribution in [0.3, 0.4) is 0 Å². The number of anilines is 1. The van der Waals surface area contributed by atoms with E-state index in [1.807, 2.05) is 0 Å². The van der Waals surface area contributed by atoms with Gasteiger partial charge in [-0.1, -0.05) is 40.7 Å². The highest BCUT2D eigenvalue weighted by molar-refractivity contribution is 9.10. The van der Waals surface area contributed by atoms with Gasteiger partial charge in [-0.15, -0.1) is 0 Å². The van der Waals surface area contributed by atoms with Crippen molar-refractivity contribution in [1.29, 1.82) is 0 Å². The van der Waals surface area contributed by atoms with Crippen LogP contribution in [0.15, 0.2) is 65.3 Å². The maximum Gasteiger partial charge on any atom is 0.387 e. The summed E-state index contributed by atoms with van der Waals surface area (Å²) in [6, 6.07) is 12.6. The SMILES string of the molecule is C=C1NC(=S)N[C@H](c2ccccc2OC(F)F)[C@H]1C(=O)Nc1ccc(Br)cc1. The summed E-state index contributed by atoms with van der Waals surface area (Å²) < 4.78 is 31.1. The number of hydrogen-bond donors (Lipinski definition) is 3. The molecule has 1 saturated heterocycles. The van der Waals surface area contributed by atoms with Crippen LogP contribution in [0.1, 0.15) is 11.6 Å². The lowest BCUT2D eigenvalue weighted by Gasteiger charge is -2.36. The molecular formula is C19H16BrF2N3O2S. The Labute approximate surface area is 174 Å². The Kier molecular flexibility index (Phi) is 6.25. The molecule has 9 heteroatoms. The zero-order valence-electron chi connectivity index (χ0n) is 14.4. The number of ether oxygens (including phenoxy) is 1. The number of thiocarbonyl (C=S) groups is 1. The second kappa shape index (κ2) is 8.66. The van der Waals surface area contributed by atoms with Gasteiger partial charge in [-0.05, 0) is 42.5 Å². The molecule has 0 spiro atoms. The molecule has 3 N–H and O–H groups in total. The zero-order chi connectivity index (χ0) is 20.3. The van der Waals surface area contributed by atoms with Crippen LogP contribution in [-0.4, -0.2) is 17.6 Å². The predicted octanol–water partition coefficient (Wildman–Crippen LogP) is 4.34. The van der Waals surface area contributed by atoms with Crippen molar-refractivity contribution in [1.82, 2.24) is 10.6 Å². The summed E-state index contributed by atoms with van der Waals surface area (Å²) in [6.07, 6.45) is 0. The molecule has 3 rings (SSSR count). The van der Waals surface area contributed by atoms with Crippen LogP contribution in [0.4, 0.5) is 14.5 Å². The molecule has 0 saturated carbocycles. The molecule has 2 aromatic rings. The molecule has 0 aromatic heterocycles. The van der Waals surface area contributed by atoms with E-state index in [-0.39, 0.29) is 16.8 Å². The molecule has 28 heavy (non-hydrogen) atoms. The van der Waals surface area contributed by atoms with Gasteiger partial charge < -0.3 is 20.7 Å². The third kappa shape index (κ3) is 4.66. The van der Waals surface area contributed by atoms with E-state index in [9.17, 15) is 13.6 Å². The minimum atomic E-state index is -2.99. The third-order valence-electron chi connectivity index (χ3n) is 4.13. The lowest BCUT2D eigenvalue weighted by molar-refractivity contribution is -0.119. The topological polar surface area (TPSA) is 62.4 Å². The number of hydrogen-bond acceptors (Lipinski definition) is 3. The summed E-state index contributed by atoms with van der Waals surface area (Å²) in [5.74, 6) is -1.22. The second-order valence-electron chi connectivity index (χ2n) is 5.99. The Morgan fingerprint density at radius 1 is 1.21 bits per heavy atom. The van der Waals surface area contributed by atoms with Crippen molar-refractivity contribution in [3.8, 4) is 5.75 Å². The monoisotopic (exact) mass is 467 g/mol. The van der Waals surface area contributed by atoms with Crippen molar-refractivity contribution >= 4 is 44.9 Å². The summed E-state index contributed by atoms with van der Waals surface area (Å²) in [5, 5.41) is 8.86. The molecule has 5 nitrogen and oxygen atoms in total. The third-order valence-corrected chi connectivity index (χ3v) is 4.88. The highest BCUT2D eigenvalue weighted by Crippen LogP contribution is 2.36. The Bertz CT molecular complexity index is 908. The highest BCUT2D eigenvalue weighted by Gasteiger charge is 2.38. The number of alkyl halides is 2. The van der Waals surface area contributed by atoms with Gasteiger partial charge in [0.25, 0.3) is 0 Å². The van der Waals surface area contributed by atoms with Crippen molar-refractivity contribution in [2.45, 2.75) is 12.7 Å². The Balaban J connectivity index is 1.93. The first-order valence-corrected chi connectivity index (χ1v) is 9.42. The summed E-state index contributed by atoms with van der Waals surface area (Å²) in [4.78, 5) is 13.0. The van der Waals surface area contributed by atoms with Crippen LogP contribution < -0.4 is 20.7 Å². The van der Waals surface area contributed by atoms with Crippen molar-refractivity contribution < 1.29 is 18.3 Å². The summed E-state index contributed by atoms with van der Waals surface area (Å²) >= 11 is 8.50. The molecule has 1 amide bonds. The van der Waals surface area contributed by atoms with Crippen LogP contribution in [0.2, 0.25) is 0 Å². The van der Waals surface area contributed by atoms with Gasteiger partial charge in [0, 0.05) is 21.4 Å². The first kappa shape index (κ1) is 20.2. The number of nitrogens with one attached hydrogen (secondary N) is 3. The summed E-state index contributed by atoms with van der Waals surface area (Å²) in [5.41, 5.74) is 1.32. The molecule has 0 radical (unpaired) electrons. The molecule has 146 valence electrons. The van der Waals surface area contributed by atoms with Crippen molar-refractivity contribution in [2.75, 3.05) is 5.32 Å². The molecule has 1 fully saturated rings. The average Bonchev–Trinajstić information content (AvgIpc) is 2.63. The normalized spacial score (nSPS) is 19.0. The number of halogens is 3. The zero-order valence-corrected chi connectivity index (χ0v) is 16.8. The van der Waals surface area contributed by atoms with Crippen molar-refractivity contribution in [3.63, 3.8) is 0 Å². The lowest BCUT2D eigenvalue weighted by Crippen LogP contribution is -2.51. The quantitative estimate of drug-likeness (QED) is 0.571. The Hall–Kier alpha value is -2.52. The average molecular weight is 468 g/mol. The number of benzene rings is 2. The van der Waals surface area contributed by atoms with Gasteiger partial charge >= 0.3 is 6.61 Å². The molecule has 0 bridgehead atoms. The fourth-order valence-corrected chi connectivity index (χ4v) is 3.47. The smallest absolute Gasteiger partial charge is 0.387 e. The van der Waals surface area contributed by atoms with Gasteiger partial charge in [0.05, 0.1) is 6.04 Å². The van der Waals surface area contributed by atoms with Gasteiger partial charge in [-0.25, -0.2) is 0 Å². The van der Waals surface area contributed by atoms with Crippen LogP contribution in [0.25, 0.3) is 0 Å². The van der Waals surface area contributed by atoms with Gasteiger partial charge in [0.1, 0.15) is 11.7 Å². The second-order valence-corrected chi connectivity index (χ2v) is 7.32. The molecule has 1 aliphatic rings. The van der Waals surface area contributed by atoms with Gasteiger partial charge in [0.2, 0.25) is 5.91 Å². The van der Waals surface area contributed by atoms with Crippen molar-refractivity contribution in [2.24, 2.45) is 5.92 Å². The standard InChI is InChI=1S/C19H16BrF2N3O2S/c1-10-15(17(26)24-12-8-6-11(20)7-9-12)16(25-19(28)23-10)13-4-2-3-5-14(13)27-18(21)22/h2-9,15-16,18H,1H2,(H,24,26)(H2,23,25,28)/t15-,16+/m0/s1. The largest absolute Gasteiger partial charge is 0.434 e. The minimum absolute atomic E-state index is 0.0334. The number of para-hydroxylation sites is 1. The van der Waals surface area contributed by atoms with Gasteiger partial charge in [-0.2, -0.15) is 8.78 Å². The van der Waals surface area contributed by atoms with E-state index in [1.165, 1.54) is 6.07 Å². The fourth-order valence-electron chi connectivity index (χ4n) is 2.95. The molecule has 0 unspecified atom stereocenters. The molecular weight excluding hydrogens is 452 g/mol. The van der Waals surface area contributed by atoms with E-state index in [2.05, 4.69) is 43.2 Å². The van der Waals surface area contributed by atoms with Gasteiger partial charge in [0.15, 0.2) is 5.11 Å². The van der Waals surface area contributed by atoms with E-state index in [4.69, 9.17) is 12.2 Å². The van der Waals surface area contributed by atoms with E-state index < -0.39 is 18.6 Å². The molecule has 0 aliphatic carbocycles. The van der Waals surface area contributed by atoms with E-state index >= 15 is 0 Å². The van der Waals surface area contributed by atoms with E-state index in [1.54, 1.807) is 42.5 Å². The van der Waals surface area contributed by atoms with E-state index in [0.29, 0.717) is 16.9 Å². The van der Waals surface area contributed by atoms with Crippen LogP contribution in [0.5, 0.6) is 5.75 Å². The number of carbonyl (C=O) groups is 1. The molecule has 1 aliphatic heterocycles. The highest BCUT2D eigenvalue weighted by atomic mass is 79.9. The minimum Gasteiger partial charge on any atom is -0.434 e. The summed E-state index contributed by atoms with van der Waals surface area (Å²) in [7, 11) is 0. The summed E-state index contributed by atoms with van der Waals surface area (Å²) in [6.45, 7) is 0.901. The Morgan fingerprint density at radius 3 is 2.57 bits per heavy atom.